The highest BCUT2D eigenvalue weighted by Gasteiger charge is 2.49. The second-order valence-electron chi connectivity index (χ2n) is 6.19. The van der Waals surface area contributed by atoms with Crippen LogP contribution in [-0.2, 0) is 18.4 Å². The fourth-order valence-electron chi connectivity index (χ4n) is 3.72. The summed E-state index contributed by atoms with van der Waals surface area (Å²) in [5.41, 5.74) is 0.559. The highest BCUT2D eigenvalue weighted by molar-refractivity contribution is 7.12. The molecule has 118 valence electrons. The van der Waals surface area contributed by atoms with Gasteiger partial charge in [0.25, 0.3) is 0 Å². The number of nitrogens with zero attached hydrogens (tertiary/aromatic N) is 1. The molecule has 1 heterocycles. The van der Waals surface area contributed by atoms with Crippen LogP contribution in [0, 0.1) is 5.92 Å². The maximum Gasteiger partial charge on any atom is 0.391 e. The quantitative estimate of drug-likeness (QED) is 0.904. The third kappa shape index (κ3) is 2.84. The average molecular weight is 318 g/mol. The van der Waals surface area contributed by atoms with Gasteiger partial charge in [-0.1, -0.05) is 13.3 Å². The molecular formula is C15H21F3N2S. The number of thiazole rings is 1. The minimum atomic E-state index is -4.10. The largest absolute Gasteiger partial charge is 0.391 e. The standard InChI is InChI=1S/C15H21F3N2S/c1-2-19-14(8-4-5-10(9-14)15(16,17)18)13-20-11-6-3-7-12(11)21-13/h10,19H,2-9H2,1H3. The van der Waals surface area contributed by atoms with Crippen LogP contribution < -0.4 is 5.32 Å². The maximum absolute atomic E-state index is 13.2. The second-order valence-corrected chi connectivity index (χ2v) is 7.27. The number of fused-ring (bicyclic) bond motifs is 1. The number of alkyl halides is 3. The molecule has 0 aliphatic heterocycles. The summed E-state index contributed by atoms with van der Waals surface area (Å²) in [4.78, 5) is 6.00. The minimum absolute atomic E-state index is 0.136. The van der Waals surface area contributed by atoms with E-state index in [1.54, 1.807) is 11.3 Å². The maximum atomic E-state index is 13.2. The molecule has 21 heavy (non-hydrogen) atoms. The van der Waals surface area contributed by atoms with Crippen molar-refractivity contribution in [3.05, 3.63) is 15.6 Å². The lowest BCUT2D eigenvalue weighted by Gasteiger charge is -2.41. The summed E-state index contributed by atoms with van der Waals surface area (Å²) in [7, 11) is 0. The van der Waals surface area contributed by atoms with Gasteiger partial charge in [0.15, 0.2) is 0 Å². The topological polar surface area (TPSA) is 24.9 Å². The molecule has 0 aromatic carbocycles. The van der Waals surface area contributed by atoms with E-state index in [0.717, 1.165) is 36.4 Å². The molecule has 1 N–H and O–H groups in total. The van der Waals surface area contributed by atoms with E-state index in [1.165, 1.54) is 4.88 Å². The van der Waals surface area contributed by atoms with Gasteiger partial charge in [0.05, 0.1) is 17.2 Å². The number of nitrogens with one attached hydrogen (secondary N) is 1. The Hall–Kier alpha value is -0.620. The first-order valence-electron chi connectivity index (χ1n) is 7.75. The van der Waals surface area contributed by atoms with Crippen molar-refractivity contribution in [2.24, 2.45) is 5.92 Å². The molecule has 0 radical (unpaired) electrons. The van der Waals surface area contributed by atoms with Crippen LogP contribution in [0.1, 0.15) is 54.6 Å². The predicted molar refractivity (Wildman–Crippen MR) is 77.5 cm³/mol. The summed E-state index contributed by atoms with van der Waals surface area (Å²) in [5, 5.41) is 4.24. The Labute approximate surface area is 127 Å². The Balaban J connectivity index is 1.91. The van der Waals surface area contributed by atoms with Gasteiger partial charge in [0.1, 0.15) is 5.01 Å². The molecule has 0 saturated heterocycles. The van der Waals surface area contributed by atoms with E-state index < -0.39 is 17.6 Å². The number of aromatic nitrogens is 1. The van der Waals surface area contributed by atoms with Crippen molar-refractivity contribution in [2.75, 3.05) is 6.54 Å². The molecule has 2 aliphatic rings. The Kier molecular flexibility index (Phi) is 4.03. The van der Waals surface area contributed by atoms with Gasteiger partial charge in [0.2, 0.25) is 0 Å². The van der Waals surface area contributed by atoms with Crippen molar-refractivity contribution >= 4 is 11.3 Å². The normalized spacial score (nSPS) is 29.6. The molecule has 2 unspecified atom stereocenters. The van der Waals surface area contributed by atoms with Crippen LogP contribution in [0.15, 0.2) is 0 Å². The molecule has 2 aliphatic carbocycles. The smallest absolute Gasteiger partial charge is 0.306 e. The van der Waals surface area contributed by atoms with Crippen LogP contribution in [0.2, 0.25) is 0 Å². The highest BCUT2D eigenvalue weighted by atomic mass is 32.1. The zero-order chi connectivity index (χ0) is 15.1. The molecular weight excluding hydrogens is 297 g/mol. The zero-order valence-corrected chi connectivity index (χ0v) is 13.0. The molecule has 1 saturated carbocycles. The summed E-state index contributed by atoms with van der Waals surface area (Å²) in [6, 6.07) is 0. The fourth-order valence-corrected chi connectivity index (χ4v) is 5.07. The molecule has 0 spiro atoms. The molecule has 0 bridgehead atoms. The Bertz CT molecular complexity index is 486. The first-order chi connectivity index (χ1) is 9.94. The van der Waals surface area contributed by atoms with Crippen molar-refractivity contribution in [3.8, 4) is 0 Å². The van der Waals surface area contributed by atoms with E-state index in [1.807, 2.05) is 6.92 Å². The van der Waals surface area contributed by atoms with Gasteiger partial charge in [-0.3, -0.25) is 0 Å². The minimum Gasteiger partial charge on any atom is -0.306 e. The van der Waals surface area contributed by atoms with Crippen LogP contribution >= 0.6 is 11.3 Å². The fraction of sp³-hybridized carbons (Fsp3) is 0.800. The van der Waals surface area contributed by atoms with Crippen LogP contribution in [-0.4, -0.2) is 17.7 Å². The van der Waals surface area contributed by atoms with E-state index in [-0.39, 0.29) is 12.8 Å². The van der Waals surface area contributed by atoms with Gasteiger partial charge in [0, 0.05) is 4.88 Å². The first kappa shape index (κ1) is 15.3. The SMILES string of the molecule is CCNC1(c2nc3c(s2)CCC3)CCCC(C(F)(F)F)C1. The third-order valence-corrected chi connectivity index (χ3v) is 6.10. The first-order valence-corrected chi connectivity index (χ1v) is 8.57. The summed E-state index contributed by atoms with van der Waals surface area (Å²) in [5.74, 6) is -1.20. The molecule has 1 aromatic heterocycles. The average Bonchev–Trinajstić information content (AvgIpc) is 2.99. The number of rotatable bonds is 3. The number of aryl methyl sites for hydroxylation is 2. The molecule has 1 aromatic rings. The van der Waals surface area contributed by atoms with Crippen molar-refractivity contribution in [3.63, 3.8) is 0 Å². The second kappa shape index (κ2) is 5.54. The van der Waals surface area contributed by atoms with E-state index in [0.29, 0.717) is 13.0 Å². The molecule has 2 nitrogen and oxygen atoms in total. The molecule has 2 atom stereocenters. The molecule has 0 amide bonds. The lowest BCUT2D eigenvalue weighted by atomic mass is 9.75. The summed E-state index contributed by atoms with van der Waals surface area (Å²) >= 11 is 1.64. The Morgan fingerprint density at radius 3 is 2.81 bits per heavy atom. The van der Waals surface area contributed by atoms with Gasteiger partial charge in [-0.15, -0.1) is 11.3 Å². The van der Waals surface area contributed by atoms with Gasteiger partial charge in [-0.25, -0.2) is 4.98 Å². The van der Waals surface area contributed by atoms with E-state index in [4.69, 9.17) is 4.98 Å². The monoisotopic (exact) mass is 318 g/mol. The van der Waals surface area contributed by atoms with E-state index in [9.17, 15) is 13.2 Å². The van der Waals surface area contributed by atoms with Crippen molar-refractivity contribution < 1.29 is 13.2 Å². The van der Waals surface area contributed by atoms with Crippen LogP contribution in [0.25, 0.3) is 0 Å². The van der Waals surface area contributed by atoms with Gasteiger partial charge in [-0.05, 0) is 45.1 Å². The van der Waals surface area contributed by atoms with Gasteiger partial charge in [-0.2, -0.15) is 13.2 Å². The summed E-state index contributed by atoms with van der Waals surface area (Å²) < 4.78 is 39.5. The lowest BCUT2D eigenvalue weighted by Crippen LogP contribution is -2.48. The summed E-state index contributed by atoms with van der Waals surface area (Å²) in [6.07, 6.45) is 0.823. The molecule has 3 rings (SSSR count). The number of hydrogen-bond acceptors (Lipinski definition) is 3. The van der Waals surface area contributed by atoms with Crippen LogP contribution in [0.5, 0.6) is 0 Å². The van der Waals surface area contributed by atoms with Crippen molar-refractivity contribution in [2.45, 2.75) is 63.6 Å². The van der Waals surface area contributed by atoms with Gasteiger partial charge < -0.3 is 5.32 Å². The third-order valence-electron chi connectivity index (χ3n) is 4.73. The molecule has 1 fully saturated rings. The van der Waals surface area contributed by atoms with Crippen LogP contribution in [0.4, 0.5) is 13.2 Å². The Morgan fingerprint density at radius 2 is 2.14 bits per heavy atom. The predicted octanol–water partition coefficient (Wildman–Crippen LogP) is 4.19. The number of halogens is 3. The number of hydrogen-bond donors (Lipinski definition) is 1. The molecule has 6 heteroatoms. The van der Waals surface area contributed by atoms with Crippen LogP contribution in [0.3, 0.4) is 0 Å². The van der Waals surface area contributed by atoms with Crippen molar-refractivity contribution in [1.29, 1.82) is 0 Å². The summed E-state index contributed by atoms with van der Waals surface area (Å²) in [6.45, 7) is 2.63. The zero-order valence-electron chi connectivity index (χ0n) is 12.2. The van der Waals surface area contributed by atoms with E-state index >= 15 is 0 Å². The van der Waals surface area contributed by atoms with Gasteiger partial charge >= 0.3 is 6.18 Å². The Morgan fingerprint density at radius 1 is 1.33 bits per heavy atom. The van der Waals surface area contributed by atoms with E-state index in [2.05, 4.69) is 5.32 Å². The van der Waals surface area contributed by atoms with Crippen molar-refractivity contribution in [1.82, 2.24) is 10.3 Å². The highest BCUT2D eigenvalue weighted by Crippen LogP contribution is 2.47. The lowest BCUT2D eigenvalue weighted by molar-refractivity contribution is -0.189.